The van der Waals surface area contributed by atoms with Crippen molar-refractivity contribution in [2.24, 2.45) is 28.1 Å². The molecule has 128 valence electrons. The smallest absolute Gasteiger partial charge is 0.0964 e. The van der Waals surface area contributed by atoms with Crippen LogP contribution in [-0.2, 0) is 4.89 Å². The number of allylic oxidation sites excluding steroid dienone is 3. The molecule has 0 aromatic rings. The van der Waals surface area contributed by atoms with E-state index >= 15 is 0 Å². The Morgan fingerprint density at radius 2 is 1.70 bits per heavy atom. The van der Waals surface area contributed by atoms with Crippen LogP contribution in [0, 0.1) is 28.1 Å². The van der Waals surface area contributed by atoms with Gasteiger partial charge in [0.05, 0.1) is 6.10 Å². The van der Waals surface area contributed by atoms with Crippen molar-refractivity contribution in [2.75, 3.05) is 0 Å². The summed E-state index contributed by atoms with van der Waals surface area (Å²) >= 11 is 0. The van der Waals surface area contributed by atoms with Gasteiger partial charge in [0.1, 0.15) is 0 Å². The van der Waals surface area contributed by atoms with Gasteiger partial charge in [-0.3, -0.25) is 5.26 Å². The topological polar surface area (TPSA) is 29.5 Å². The first-order valence-corrected chi connectivity index (χ1v) is 9.53. The zero-order valence-electron chi connectivity index (χ0n) is 15.2. The zero-order valence-corrected chi connectivity index (χ0v) is 15.2. The Bertz CT molecular complexity index is 572. The Labute approximate surface area is 140 Å². The third kappa shape index (κ3) is 2.00. The van der Waals surface area contributed by atoms with Gasteiger partial charge >= 0.3 is 0 Å². The standard InChI is InChI=1S/C21H32O2/c1-19(2)10-8-18-16-6-5-14-13-15(23-22)7-11-20(14,3)17(16)9-12-21(18,19)4/h5-6,15,17-18,22H,7-13H2,1-4H3/t15-,17-,18-,20-,21-/m0/s1. The fraction of sp³-hybridized carbons (Fsp3) is 0.810. The summed E-state index contributed by atoms with van der Waals surface area (Å²) < 4.78 is 0. The van der Waals surface area contributed by atoms with Crippen LogP contribution >= 0.6 is 0 Å². The summed E-state index contributed by atoms with van der Waals surface area (Å²) in [6, 6.07) is 0. The molecular formula is C21H32O2. The van der Waals surface area contributed by atoms with Gasteiger partial charge in [0.15, 0.2) is 0 Å². The molecule has 3 fully saturated rings. The molecule has 0 bridgehead atoms. The van der Waals surface area contributed by atoms with Gasteiger partial charge in [0, 0.05) is 0 Å². The normalized spacial score (nSPS) is 48.0. The Morgan fingerprint density at radius 3 is 2.43 bits per heavy atom. The van der Waals surface area contributed by atoms with Crippen molar-refractivity contribution in [1.29, 1.82) is 0 Å². The van der Waals surface area contributed by atoms with Gasteiger partial charge in [0.2, 0.25) is 0 Å². The Kier molecular flexibility index (Phi) is 3.42. The predicted molar refractivity (Wildman–Crippen MR) is 93.0 cm³/mol. The lowest BCUT2D eigenvalue weighted by Gasteiger charge is -2.56. The van der Waals surface area contributed by atoms with Gasteiger partial charge in [-0.2, -0.15) is 0 Å². The molecule has 0 aromatic heterocycles. The van der Waals surface area contributed by atoms with Crippen LogP contribution in [0.3, 0.4) is 0 Å². The fourth-order valence-corrected chi connectivity index (χ4v) is 6.55. The van der Waals surface area contributed by atoms with E-state index in [0.29, 0.717) is 22.2 Å². The van der Waals surface area contributed by atoms with Crippen molar-refractivity contribution < 1.29 is 10.1 Å². The van der Waals surface area contributed by atoms with E-state index in [2.05, 4.69) is 44.7 Å². The summed E-state index contributed by atoms with van der Waals surface area (Å²) in [5.74, 6) is 1.49. The molecule has 0 saturated heterocycles. The minimum atomic E-state index is 0.00328. The van der Waals surface area contributed by atoms with Crippen LogP contribution in [0.4, 0.5) is 0 Å². The van der Waals surface area contributed by atoms with Gasteiger partial charge < -0.3 is 0 Å². The molecule has 0 unspecified atom stereocenters. The maximum Gasteiger partial charge on any atom is 0.0964 e. The van der Waals surface area contributed by atoms with Gasteiger partial charge in [0.25, 0.3) is 0 Å². The summed E-state index contributed by atoms with van der Waals surface area (Å²) in [5, 5.41) is 9.07. The number of hydrogen-bond donors (Lipinski definition) is 1. The van der Waals surface area contributed by atoms with Crippen LogP contribution < -0.4 is 0 Å². The van der Waals surface area contributed by atoms with Crippen molar-refractivity contribution in [3.8, 4) is 0 Å². The van der Waals surface area contributed by atoms with Crippen molar-refractivity contribution in [2.45, 2.75) is 78.7 Å². The molecule has 23 heavy (non-hydrogen) atoms. The van der Waals surface area contributed by atoms with E-state index in [1.54, 1.807) is 5.57 Å². The lowest BCUT2D eigenvalue weighted by molar-refractivity contribution is -0.283. The van der Waals surface area contributed by atoms with Crippen molar-refractivity contribution in [3.63, 3.8) is 0 Å². The fourth-order valence-electron chi connectivity index (χ4n) is 6.55. The highest BCUT2D eigenvalue weighted by atomic mass is 17.1. The molecule has 2 heteroatoms. The molecule has 4 aliphatic carbocycles. The maximum atomic E-state index is 9.07. The van der Waals surface area contributed by atoms with E-state index in [9.17, 15) is 0 Å². The Balaban J connectivity index is 1.71. The first-order valence-electron chi connectivity index (χ1n) is 9.53. The molecule has 5 atom stereocenters. The zero-order chi connectivity index (χ0) is 16.5. The molecule has 4 aliphatic rings. The second-order valence-corrected chi connectivity index (χ2v) is 9.73. The maximum absolute atomic E-state index is 9.07. The molecule has 1 N–H and O–H groups in total. The van der Waals surface area contributed by atoms with Crippen LogP contribution in [0.2, 0.25) is 0 Å². The van der Waals surface area contributed by atoms with Crippen LogP contribution in [0.15, 0.2) is 23.3 Å². The summed E-state index contributed by atoms with van der Waals surface area (Å²) in [7, 11) is 0. The lowest BCUT2D eigenvalue weighted by atomic mass is 9.49. The average molecular weight is 316 g/mol. The third-order valence-electron chi connectivity index (χ3n) is 8.69. The molecule has 3 saturated carbocycles. The second-order valence-electron chi connectivity index (χ2n) is 9.73. The Morgan fingerprint density at radius 1 is 0.957 bits per heavy atom. The third-order valence-corrected chi connectivity index (χ3v) is 8.69. The minimum absolute atomic E-state index is 0.00328. The van der Waals surface area contributed by atoms with Crippen LogP contribution in [-0.4, -0.2) is 11.4 Å². The van der Waals surface area contributed by atoms with E-state index in [4.69, 9.17) is 5.26 Å². The van der Waals surface area contributed by atoms with Gasteiger partial charge in [-0.15, -0.1) is 0 Å². The van der Waals surface area contributed by atoms with E-state index in [1.807, 2.05) is 0 Å². The molecule has 0 aliphatic heterocycles. The highest BCUT2D eigenvalue weighted by Gasteiger charge is 2.58. The monoisotopic (exact) mass is 316 g/mol. The molecule has 0 aromatic carbocycles. The van der Waals surface area contributed by atoms with Gasteiger partial charge in [-0.25, -0.2) is 4.89 Å². The van der Waals surface area contributed by atoms with Crippen LogP contribution in [0.1, 0.15) is 72.6 Å². The van der Waals surface area contributed by atoms with E-state index in [-0.39, 0.29) is 6.10 Å². The molecule has 0 spiro atoms. The number of rotatable bonds is 1. The quantitative estimate of drug-likeness (QED) is 0.493. The van der Waals surface area contributed by atoms with Crippen molar-refractivity contribution in [3.05, 3.63) is 23.3 Å². The largest absolute Gasteiger partial charge is 0.252 e. The lowest BCUT2D eigenvalue weighted by Crippen LogP contribution is -2.47. The number of hydrogen-bond acceptors (Lipinski definition) is 2. The van der Waals surface area contributed by atoms with Gasteiger partial charge in [-0.05, 0) is 73.0 Å². The highest BCUT2D eigenvalue weighted by molar-refractivity contribution is 5.39. The first-order chi connectivity index (χ1) is 10.8. The molecule has 0 radical (unpaired) electrons. The van der Waals surface area contributed by atoms with Gasteiger partial charge in [-0.1, -0.05) is 51.0 Å². The minimum Gasteiger partial charge on any atom is -0.252 e. The molecule has 2 nitrogen and oxygen atoms in total. The molecular weight excluding hydrogens is 284 g/mol. The average Bonchev–Trinajstić information content (AvgIpc) is 2.77. The van der Waals surface area contributed by atoms with E-state index in [1.165, 1.54) is 31.3 Å². The first kappa shape index (κ1) is 15.9. The van der Waals surface area contributed by atoms with E-state index in [0.717, 1.165) is 25.2 Å². The van der Waals surface area contributed by atoms with Crippen molar-refractivity contribution in [1.82, 2.24) is 0 Å². The van der Waals surface area contributed by atoms with Crippen LogP contribution in [0.5, 0.6) is 0 Å². The van der Waals surface area contributed by atoms with Crippen LogP contribution in [0.25, 0.3) is 0 Å². The molecule has 0 heterocycles. The van der Waals surface area contributed by atoms with E-state index < -0.39 is 0 Å². The summed E-state index contributed by atoms with van der Waals surface area (Å²) in [6.45, 7) is 10.0. The molecule has 4 rings (SSSR count). The summed E-state index contributed by atoms with van der Waals surface area (Å²) in [5.41, 5.74) is 4.50. The summed E-state index contributed by atoms with van der Waals surface area (Å²) in [6.07, 6.45) is 13.3. The Hall–Kier alpha value is -0.600. The predicted octanol–water partition coefficient (Wildman–Crippen LogP) is 5.75. The SMILES string of the molecule is CC1(C)CC[C@H]2C3=CC=C4C[C@@H](OO)CC[C@]4(C)[C@H]3CC[C@@]21C. The highest BCUT2D eigenvalue weighted by Crippen LogP contribution is 2.68. The van der Waals surface area contributed by atoms with Crippen molar-refractivity contribution >= 4 is 0 Å². The number of fused-ring (bicyclic) bond motifs is 5. The summed E-state index contributed by atoms with van der Waals surface area (Å²) in [4.78, 5) is 4.67. The second kappa shape index (κ2) is 4.95. The molecule has 0 amide bonds.